The molecule has 0 N–H and O–H groups in total. The minimum absolute atomic E-state index is 0.108. The third-order valence-electron chi connectivity index (χ3n) is 5.64. The van der Waals surface area contributed by atoms with Crippen molar-refractivity contribution in [3.05, 3.63) is 94.6 Å². The number of halogens is 1. The Bertz CT molecular complexity index is 1340. The first-order valence-electron chi connectivity index (χ1n) is 10.4. The summed E-state index contributed by atoms with van der Waals surface area (Å²) in [7, 11) is 1.61. The van der Waals surface area contributed by atoms with Crippen molar-refractivity contribution in [1.82, 2.24) is 10.2 Å². The van der Waals surface area contributed by atoms with Gasteiger partial charge in [-0.25, -0.2) is 5.01 Å². The lowest BCUT2D eigenvalue weighted by atomic mass is 10.0. The second kappa shape index (κ2) is 8.60. The number of furan rings is 1. The quantitative estimate of drug-likeness (QED) is 0.369. The smallest absolute Gasteiger partial charge is 0.313 e. The number of carbonyl (C=O) groups is 1. The van der Waals surface area contributed by atoms with Gasteiger partial charge in [0.2, 0.25) is 5.76 Å². The Morgan fingerprint density at radius 3 is 2.76 bits per heavy atom. The lowest BCUT2D eigenvalue weighted by molar-refractivity contribution is 0.0649. The van der Waals surface area contributed by atoms with E-state index in [2.05, 4.69) is 10.3 Å². The summed E-state index contributed by atoms with van der Waals surface area (Å²) >= 11 is 6.33. The molecule has 1 aliphatic rings. The molecule has 0 aliphatic carbocycles. The first kappa shape index (κ1) is 21.0. The standard InChI is InChI=1S/C25H20ClN3O4/c1-15-23(18-9-3-4-10-19(18)26)28-33-24(15)25(30)29-21(22-11-6-12-32-22)14-20(27-29)16-7-5-8-17(13-16)31-2/h3-13,21H,14H2,1-2H3. The molecule has 0 spiro atoms. The number of hydrogen-bond acceptors (Lipinski definition) is 6. The summed E-state index contributed by atoms with van der Waals surface area (Å²) in [5.74, 6) is 1.05. The van der Waals surface area contributed by atoms with Crippen LogP contribution in [0.5, 0.6) is 5.75 Å². The number of rotatable bonds is 5. The number of benzene rings is 2. The highest BCUT2D eigenvalue weighted by atomic mass is 35.5. The molecule has 1 atom stereocenters. The van der Waals surface area contributed by atoms with Gasteiger partial charge in [-0.05, 0) is 37.3 Å². The van der Waals surface area contributed by atoms with Crippen molar-refractivity contribution in [2.24, 2.45) is 5.10 Å². The maximum atomic E-state index is 13.6. The van der Waals surface area contributed by atoms with Gasteiger partial charge in [-0.15, -0.1) is 0 Å². The molecule has 8 heteroatoms. The average molecular weight is 462 g/mol. The van der Waals surface area contributed by atoms with E-state index in [4.69, 9.17) is 25.3 Å². The normalized spacial score (nSPS) is 15.5. The zero-order valence-electron chi connectivity index (χ0n) is 18.0. The third kappa shape index (κ3) is 3.81. The number of aromatic nitrogens is 1. The van der Waals surface area contributed by atoms with Gasteiger partial charge in [-0.2, -0.15) is 5.10 Å². The molecule has 7 nitrogen and oxygen atoms in total. The molecule has 1 amide bonds. The summed E-state index contributed by atoms with van der Waals surface area (Å²) < 4.78 is 16.5. The molecular formula is C25H20ClN3O4. The van der Waals surface area contributed by atoms with Crippen LogP contribution in [0.15, 0.2) is 81.0 Å². The monoisotopic (exact) mass is 461 g/mol. The fraction of sp³-hybridized carbons (Fsp3) is 0.160. The highest BCUT2D eigenvalue weighted by molar-refractivity contribution is 6.33. The van der Waals surface area contributed by atoms with Crippen LogP contribution in [0.1, 0.15) is 39.9 Å². The predicted molar refractivity (Wildman–Crippen MR) is 123 cm³/mol. The lowest BCUT2D eigenvalue weighted by Gasteiger charge is -2.18. The number of ether oxygens (including phenoxy) is 1. The highest BCUT2D eigenvalue weighted by Crippen LogP contribution is 2.37. The van der Waals surface area contributed by atoms with Crippen LogP contribution in [-0.4, -0.2) is 28.9 Å². The second-order valence-corrected chi connectivity index (χ2v) is 8.04. The van der Waals surface area contributed by atoms with Crippen molar-refractivity contribution in [2.75, 3.05) is 7.11 Å². The van der Waals surface area contributed by atoms with Gasteiger partial charge in [0.1, 0.15) is 23.2 Å². The van der Waals surface area contributed by atoms with Crippen molar-refractivity contribution in [2.45, 2.75) is 19.4 Å². The molecule has 0 bridgehead atoms. The van der Waals surface area contributed by atoms with Crippen LogP contribution in [0.2, 0.25) is 5.02 Å². The molecule has 2 aromatic heterocycles. The molecule has 33 heavy (non-hydrogen) atoms. The van der Waals surface area contributed by atoms with E-state index in [-0.39, 0.29) is 5.76 Å². The molecule has 0 saturated carbocycles. The summed E-state index contributed by atoms with van der Waals surface area (Å²) in [5.41, 5.74) is 3.43. The van der Waals surface area contributed by atoms with Gasteiger partial charge >= 0.3 is 5.91 Å². The highest BCUT2D eigenvalue weighted by Gasteiger charge is 2.38. The maximum absolute atomic E-state index is 13.6. The summed E-state index contributed by atoms with van der Waals surface area (Å²) in [4.78, 5) is 13.6. The largest absolute Gasteiger partial charge is 0.497 e. The first-order valence-corrected chi connectivity index (χ1v) is 10.7. The zero-order valence-corrected chi connectivity index (χ0v) is 18.7. The van der Waals surface area contributed by atoms with Crippen LogP contribution in [-0.2, 0) is 0 Å². The van der Waals surface area contributed by atoms with Crippen LogP contribution in [0.25, 0.3) is 11.3 Å². The van der Waals surface area contributed by atoms with E-state index < -0.39 is 11.9 Å². The van der Waals surface area contributed by atoms with Crippen LogP contribution in [0.4, 0.5) is 0 Å². The van der Waals surface area contributed by atoms with E-state index in [9.17, 15) is 4.79 Å². The van der Waals surface area contributed by atoms with Crippen molar-refractivity contribution in [1.29, 1.82) is 0 Å². The Kier molecular flexibility index (Phi) is 5.48. The van der Waals surface area contributed by atoms with Crippen molar-refractivity contribution < 1.29 is 18.5 Å². The van der Waals surface area contributed by atoms with E-state index in [1.54, 1.807) is 32.4 Å². The number of hydrazone groups is 1. The molecule has 3 heterocycles. The van der Waals surface area contributed by atoms with Crippen LogP contribution < -0.4 is 4.74 Å². The molecule has 4 aromatic rings. The summed E-state index contributed by atoms with van der Waals surface area (Å²) in [6, 6.07) is 18.1. The molecule has 1 unspecified atom stereocenters. The lowest BCUT2D eigenvalue weighted by Crippen LogP contribution is -2.27. The maximum Gasteiger partial charge on any atom is 0.313 e. The van der Waals surface area contributed by atoms with Gasteiger partial charge in [0.05, 0.1) is 24.1 Å². The van der Waals surface area contributed by atoms with Crippen LogP contribution in [0, 0.1) is 6.92 Å². The molecule has 0 radical (unpaired) electrons. The predicted octanol–water partition coefficient (Wildman–Crippen LogP) is 5.90. The summed E-state index contributed by atoms with van der Waals surface area (Å²) in [6.45, 7) is 1.78. The van der Waals surface area contributed by atoms with Gasteiger partial charge in [0.25, 0.3) is 0 Å². The van der Waals surface area contributed by atoms with Crippen molar-refractivity contribution >= 4 is 23.2 Å². The fourth-order valence-electron chi connectivity index (χ4n) is 3.92. The molecule has 0 fully saturated rings. The summed E-state index contributed by atoms with van der Waals surface area (Å²) in [6.07, 6.45) is 2.06. The molecule has 166 valence electrons. The van der Waals surface area contributed by atoms with E-state index in [1.807, 2.05) is 48.5 Å². The Balaban J connectivity index is 1.53. The van der Waals surface area contributed by atoms with Gasteiger partial charge in [0.15, 0.2) is 0 Å². The fourth-order valence-corrected chi connectivity index (χ4v) is 4.15. The minimum atomic E-state index is -0.415. The minimum Gasteiger partial charge on any atom is -0.497 e. The number of carbonyl (C=O) groups excluding carboxylic acids is 1. The van der Waals surface area contributed by atoms with E-state index in [0.717, 1.165) is 11.3 Å². The van der Waals surface area contributed by atoms with Crippen molar-refractivity contribution in [3.8, 4) is 17.0 Å². The Labute approximate surface area is 195 Å². The number of hydrogen-bond donors (Lipinski definition) is 0. The van der Waals surface area contributed by atoms with E-state index in [1.165, 1.54) is 5.01 Å². The number of nitrogens with zero attached hydrogens (tertiary/aromatic N) is 3. The Hall–Kier alpha value is -3.84. The molecular weight excluding hydrogens is 442 g/mol. The van der Waals surface area contributed by atoms with Crippen LogP contribution in [0.3, 0.4) is 0 Å². The van der Waals surface area contributed by atoms with Crippen molar-refractivity contribution in [3.63, 3.8) is 0 Å². The topological polar surface area (TPSA) is 81.1 Å². The molecule has 5 rings (SSSR count). The van der Waals surface area contributed by atoms with Gasteiger partial charge in [-0.1, -0.05) is 47.1 Å². The average Bonchev–Trinajstić information content (AvgIpc) is 3.59. The Morgan fingerprint density at radius 2 is 2.00 bits per heavy atom. The molecule has 0 saturated heterocycles. The summed E-state index contributed by atoms with van der Waals surface area (Å²) in [5, 5.41) is 10.7. The first-order chi connectivity index (χ1) is 16.1. The van der Waals surface area contributed by atoms with Gasteiger partial charge in [0, 0.05) is 23.1 Å². The van der Waals surface area contributed by atoms with Gasteiger partial charge in [-0.3, -0.25) is 4.79 Å². The Morgan fingerprint density at radius 1 is 1.15 bits per heavy atom. The number of methoxy groups -OCH3 is 1. The zero-order chi connectivity index (χ0) is 22.9. The molecule has 2 aromatic carbocycles. The number of amides is 1. The van der Waals surface area contributed by atoms with E-state index >= 15 is 0 Å². The molecule has 1 aliphatic heterocycles. The second-order valence-electron chi connectivity index (χ2n) is 7.63. The third-order valence-corrected chi connectivity index (χ3v) is 5.97. The van der Waals surface area contributed by atoms with Crippen LogP contribution >= 0.6 is 11.6 Å². The van der Waals surface area contributed by atoms with E-state index in [0.29, 0.717) is 39.8 Å². The SMILES string of the molecule is COc1cccc(C2=NN(C(=O)c3onc(-c4ccccc4Cl)c3C)C(c3ccco3)C2)c1. The van der Waals surface area contributed by atoms with Gasteiger partial charge < -0.3 is 13.7 Å².